The molecule has 1 aliphatic rings. The first-order chi connectivity index (χ1) is 8.19. The Labute approximate surface area is 104 Å². The average Bonchev–Trinajstić information content (AvgIpc) is 2.70. The average molecular weight is 261 g/mol. The molecule has 2 unspecified atom stereocenters. The van der Waals surface area contributed by atoms with E-state index in [4.69, 9.17) is 5.73 Å². The highest BCUT2D eigenvalue weighted by Gasteiger charge is 2.37. The van der Waals surface area contributed by atoms with Crippen molar-refractivity contribution in [2.75, 3.05) is 0 Å². The first-order valence-corrected chi connectivity index (χ1v) is 6.07. The van der Waals surface area contributed by atoms with E-state index in [1.54, 1.807) is 0 Å². The molecular formula is C12H18F3N3. The molecule has 0 bridgehead atoms. The smallest absolute Gasteiger partial charge is 0.326 e. The van der Waals surface area contributed by atoms with E-state index < -0.39 is 11.9 Å². The minimum Gasteiger partial charge on any atom is -0.326 e. The molecule has 1 aromatic rings. The number of hydrogen-bond donors (Lipinski definition) is 1. The summed E-state index contributed by atoms with van der Waals surface area (Å²) in [6, 6.07) is 0.734. The zero-order chi connectivity index (χ0) is 13.6. The van der Waals surface area contributed by atoms with E-state index in [9.17, 15) is 13.2 Å². The molecule has 0 saturated heterocycles. The molecule has 6 heteroatoms. The van der Waals surface area contributed by atoms with Crippen molar-refractivity contribution in [1.82, 2.24) is 9.78 Å². The number of aromatic nitrogens is 2. The van der Waals surface area contributed by atoms with Crippen LogP contribution in [0.15, 0.2) is 12.3 Å². The molecule has 1 saturated carbocycles. The molecule has 2 N–H and O–H groups in total. The van der Waals surface area contributed by atoms with E-state index in [0.29, 0.717) is 0 Å². The minimum atomic E-state index is -4.39. The quantitative estimate of drug-likeness (QED) is 0.844. The molecule has 0 amide bonds. The standard InChI is InChI=1S/C12H18F3N3/c1-11(2)5-3-8(16)9(7-11)18-6-4-10(17-18)12(13,14)15/h4,6,8-9H,3,5,7,16H2,1-2H3. The summed E-state index contributed by atoms with van der Waals surface area (Å²) in [5.74, 6) is 0. The number of hydrogen-bond acceptors (Lipinski definition) is 2. The molecule has 1 heterocycles. The van der Waals surface area contributed by atoms with Gasteiger partial charge in [-0.1, -0.05) is 13.8 Å². The fourth-order valence-electron chi connectivity index (χ4n) is 2.53. The Balaban J connectivity index is 2.22. The van der Waals surface area contributed by atoms with Crippen molar-refractivity contribution in [2.24, 2.45) is 11.1 Å². The summed E-state index contributed by atoms with van der Waals surface area (Å²) in [4.78, 5) is 0. The molecule has 2 rings (SSSR count). The molecule has 0 radical (unpaired) electrons. The topological polar surface area (TPSA) is 43.8 Å². The van der Waals surface area contributed by atoms with Crippen LogP contribution in [0.3, 0.4) is 0 Å². The third-order valence-corrected chi connectivity index (χ3v) is 3.65. The maximum Gasteiger partial charge on any atom is 0.435 e. The van der Waals surface area contributed by atoms with Crippen LogP contribution < -0.4 is 5.73 Å². The van der Waals surface area contributed by atoms with Crippen molar-refractivity contribution in [3.63, 3.8) is 0 Å². The predicted molar refractivity (Wildman–Crippen MR) is 61.9 cm³/mol. The van der Waals surface area contributed by atoms with Gasteiger partial charge >= 0.3 is 6.18 Å². The van der Waals surface area contributed by atoms with Gasteiger partial charge in [-0.2, -0.15) is 18.3 Å². The molecule has 0 spiro atoms. The summed E-state index contributed by atoms with van der Waals surface area (Å²) >= 11 is 0. The number of halogens is 3. The highest BCUT2D eigenvalue weighted by molar-refractivity contribution is 5.05. The SMILES string of the molecule is CC1(C)CCC(N)C(n2ccc(C(F)(F)F)n2)C1. The summed E-state index contributed by atoms with van der Waals surface area (Å²) in [5.41, 5.74) is 5.26. The summed E-state index contributed by atoms with van der Waals surface area (Å²) in [6.07, 6.45) is -0.432. The summed E-state index contributed by atoms with van der Waals surface area (Å²) < 4.78 is 38.9. The van der Waals surface area contributed by atoms with Crippen molar-refractivity contribution >= 4 is 0 Å². The van der Waals surface area contributed by atoms with Gasteiger partial charge in [0, 0.05) is 12.2 Å². The molecule has 1 aromatic heterocycles. The van der Waals surface area contributed by atoms with Crippen LogP contribution in [0, 0.1) is 5.41 Å². The lowest BCUT2D eigenvalue weighted by Crippen LogP contribution is -2.40. The summed E-state index contributed by atoms with van der Waals surface area (Å²) in [6.45, 7) is 4.22. The molecular weight excluding hydrogens is 243 g/mol. The highest BCUT2D eigenvalue weighted by atomic mass is 19.4. The minimum absolute atomic E-state index is 0.102. The third kappa shape index (κ3) is 2.68. The largest absolute Gasteiger partial charge is 0.435 e. The fraction of sp³-hybridized carbons (Fsp3) is 0.750. The Morgan fingerprint density at radius 2 is 2.11 bits per heavy atom. The molecule has 102 valence electrons. The predicted octanol–water partition coefficient (Wildman–Crippen LogP) is 2.98. The molecule has 0 aliphatic heterocycles. The monoisotopic (exact) mass is 261 g/mol. The van der Waals surface area contributed by atoms with E-state index in [-0.39, 0.29) is 17.5 Å². The molecule has 1 aliphatic carbocycles. The number of rotatable bonds is 1. The van der Waals surface area contributed by atoms with Crippen molar-refractivity contribution in [2.45, 2.75) is 51.4 Å². The lowest BCUT2D eigenvalue weighted by atomic mass is 9.73. The zero-order valence-electron chi connectivity index (χ0n) is 10.5. The third-order valence-electron chi connectivity index (χ3n) is 3.65. The van der Waals surface area contributed by atoms with Gasteiger partial charge in [0.15, 0.2) is 5.69 Å². The fourth-order valence-corrected chi connectivity index (χ4v) is 2.53. The second kappa shape index (κ2) is 4.26. The summed E-state index contributed by atoms with van der Waals surface area (Å²) in [7, 11) is 0. The van der Waals surface area contributed by atoms with Crippen molar-refractivity contribution < 1.29 is 13.2 Å². The van der Waals surface area contributed by atoms with Gasteiger partial charge in [0.05, 0.1) is 6.04 Å². The van der Waals surface area contributed by atoms with Crippen LogP contribution in [-0.4, -0.2) is 15.8 Å². The Kier molecular flexibility index (Phi) is 3.17. The van der Waals surface area contributed by atoms with E-state index in [0.717, 1.165) is 25.3 Å². The number of nitrogens with zero attached hydrogens (tertiary/aromatic N) is 2. The van der Waals surface area contributed by atoms with Gasteiger partial charge in [0.2, 0.25) is 0 Å². The maximum absolute atomic E-state index is 12.5. The Hall–Kier alpha value is -1.04. The van der Waals surface area contributed by atoms with Crippen molar-refractivity contribution in [3.8, 4) is 0 Å². The van der Waals surface area contributed by atoms with Crippen LogP contribution in [0.25, 0.3) is 0 Å². The normalized spacial score (nSPS) is 28.3. The molecule has 3 nitrogen and oxygen atoms in total. The van der Waals surface area contributed by atoms with Crippen LogP contribution in [0.5, 0.6) is 0 Å². The molecule has 1 fully saturated rings. The highest BCUT2D eigenvalue weighted by Crippen LogP contribution is 2.40. The van der Waals surface area contributed by atoms with Crippen LogP contribution in [0.1, 0.15) is 44.8 Å². The molecule has 18 heavy (non-hydrogen) atoms. The van der Waals surface area contributed by atoms with Gasteiger partial charge in [-0.3, -0.25) is 4.68 Å². The van der Waals surface area contributed by atoms with Crippen LogP contribution in [0.4, 0.5) is 13.2 Å². The first kappa shape index (κ1) is 13.4. The lowest BCUT2D eigenvalue weighted by molar-refractivity contribution is -0.141. The van der Waals surface area contributed by atoms with Crippen molar-refractivity contribution in [1.29, 1.82) is 0 Å². The zero-order valence-corrected chi connectivity index (χ0v) is 10.5. The van der Waals surface area contributed by atoms with Gasteiger partial charge < -0.3 is 5.73 Å². The van der Waals surface area contributed by atoms with Gasteiger partial charge in [-0.15, -0.1) is 0 Å². The Morgan fingerprint density at radius 1 is 1.44 bits per heavy atom. The maximum atomic E-state index is 12.5. The van der Waals surface area contributed by atoms with Gasteiger partial charge in [0.25, 0.3) is 0 Å². The van der Waals surface area contributed by atoms with Gasteiger partial charge in [-0.25, -0.2) is 0 Å². The number of alkyl halides is 3. The Morgan fingerprint density at radius 3 is 2.67 bits per heavy atom. The van der Waals surface area contributed by atoms with Crippen LogP contribution >= 0.6 is 0 Å². The molecule has 2 atom stereocenters. The van der Waals surface area contributed by atoms with Crippen LogP contribution in [-0.2, 0) is 6.18 Å². The van der Waals surface area contributed by atoms with E-state index in [1.165, 1.54) is 10.9 Å². The number of nitrogens with two attached hydrogens (primary N) is 1. The second-order valence-electron chi connectivity index (χ2n) is 5.82. The lowest BCUT2D eigenvalue weighted by Gasteiger charge is -2.39. The van der Waals surface area contributed by atoms with E-state index in [1.807, 2.05) is 0 Å². The van der Waals surface area contributed by atoms with Gasteiger partial charge in [-0.05, 0) is 30.7 Å². The molecule has 0 aromatic carbocycles. The summed E-state index contributed by atoms with van der Waals surface area (Å²) in [5, 5.41) is 3.63. The second-order valence-corrected chi connectivity index (χ2v) is 5.82. The van der Waals surface area contributed by atoms with Gasteiger partial charge in [0.1, 0.15) is 0 Å². The van der Waals surface area contributed by atoms with E-state index in [2.05, 4.69) is 18.9 Å². The van der Waals surface area contributed by atoms with E-state index >= 15 is 0 Å². The Bertz CT molecular complexity index is 422. The first-order valence-electron chi connectivity index (χ1n) is 6.07. The van der Waals surface area contributed by atoms with Crippen LogP contribution in [0.2, 0.25) is 0 Å². The van der Waals surface area contributed by atoms with Crippen molar-refractivity contribution in [3.05, 3.63) is 18.0 Å².